The van der Waals surface area contributed by atoms with Gasteiger partial charge in [0.2, 0.25) is 11.8 Å². The summed E-state index contributed by atoms with van der Waals surface area (Å²) < 4.78 is 10.6. The highest BCUT2D eigenvalue weighted by Gasteiger charge is 2.40. The first-order chi connectivity index (χ1) is 17.4. The highest BCUT2D eigenvalue weighted by molar-refractivity contribution is 7.18. The lowest BCUT2D eigenvalue weighted by Crippen LogP contribution is -2.55. The quantitative estimate of drug-likeness (QED) is 0.488. The fourth-order valence-corrected chi connectivity index (χ4v) is 6.22. The molecule has 7 nitrogen and oxygen atoms in total. The van der Waals surface area contributed by atoms with Gasteiger partial charge < -0.3 is 14.4 Å². The summed E-state index contributed by atoms with van der Waals surface area (Å²) in [5, 5.41) is 0. The largest absolute Gasteiger partial charge is 0.465 e. The maximum atomic E-state index is 14.2. The Bertz CT molecular complexity index is 1060. The molecule has 194 valence electrons. The van der Waals surface area contributed by atoms with Gasteiger partial charge in [0.15, 0.2) is 0 Å². The lowest BCUT2D eigenvalue weighted by molar-refractivity contribution is -0.139. The number of benzene rings is 1. The van der Waals surface area contributed by atoms with Crippen molar-refractivity contribution in [2.75, 3.05) is 38.3 Å². The monoisotopic (exact) mass is 512 g/mol. The number of anilines is 1. The van der Waals surface area contributed by atoms with E-state index in [2.05, 4.69) is 6.92 Å². The van der Waals surface area contributed by atoms with Gasteiger partial charge in [-0.1, -0.05) is 44.2 Å². The molecule has 0 spiro atoms. The second kappa shape index (κ2) is 12.0. The summed E-state index contributed by atoms with van der Waals surface area (Å²) in [5.41, 5.74) is 1.42. The Morgan fingerprint density at radius 2 is 1.78 bits per heavy atom. The molecule has 1 aromatic heterocycles. The van der Waals surface area contributed by atoms with E-state index in [1.54, 1.807) is 9.80 Å². The van der Waals surface area contributed by atoms with Crippen LogP contribution in [0.1, 0.15) is 55.6 Å². The molecule has 1 aliphatic heterocycles. The SMILES string of the molecule is CC[C@@H](C(=O)N1CCOCC1)N(C(=O)C1CCC(C)CC1)c1cc(-c2ccccc2)sc1C(=O)OC. The zero-order chi connectivity index (χ0) is 25.7. The number of morpholine rings is 1. The van der Waals surface area contributed by atoms with Crippen molar-refractivity contribution in [2.24, 2.45) is 11.8 Å². The third-order valence-electron chi connectivity index (χ3n) is 7.31. The zero-order valence-electron chi connectivity index (χ0n) is 21.4. The van der Waals surface area contributed by atoms with Crippen LogP contribution >= 0.6 is 11.3 Å². The van der Waals surface area contributed by atoms with Gasteiger partial charge in [-0.3, -0.25) is 14.5 Å². The summed E-state index contributed by atoms with van der Waals surface area (Å²) in [4.78, 5) is 45.5. The molecule has 1 atom stereocenters. The number of ether oxygens (including phenoxy) is 2. The molecule has 0 unspecified atom stereocenters. The van der Waals surface area contributed by atoms with Crippen molar-refractivity contribution in [1.29, 1.82) is 0 Å². The van der Waals surface area contributed by atoms with Crippen LogP contribution in [0.3, 0.4) is 0 Å². The second-order valence-electron chi connectivity index (χ2n) is 9.71. The molecule has 4 rings (SSSR count). The van der Waals surface area contributed by atoms with Crippen LogP contribution in [0.15, 0.2) is 36.4 Å². The number of carbonyl (C=O) groups excluding carboxylic acids is 3. The van der Waals surface area contributed by atoms with Gasteiger partial charge in [0.05, 0.1) is 26.0 Å². The number of nitrogens with zero attached hydrogens (tertiary/aromatic N) is 2. The number of methoxy groups -OCH3 is 1. The molecule has 0 bridgehead atoms. The number of rotatable bonds is 7. The summed E-state index contributed by atoms with van der Waals surface area (Å²) >= 11 is 1.30. The van der Waals surface area contributed by atoms with Gasteiger partial charge in [0.25, 0.3) is 0 Å². The van der Waals surface area contributed by atoms with Crippen molar-refractivity contribution >= 4 is 34.8 Å². The number of hydrogen-bond acceptors (Lipinski definition) is 6. The summed E-state index contributed by atoms with van der Waals surface area (Å²) in [6.07, 6.45) is 4.01. The molecule has 36 heavy (non-hydrogen) atoms. The van der Waals surface area contributed by atoms with Crippen molar-refractivity contribution < 1.29 is 23.9 Å². The normalized spacial score (nSPS) is 21.0. The lowest BCUT2D eigenvalue weighted by Gasteiger charge is -2.38. The maximum absolute atomic E-state index is 14.2. The molecule has 0 N–H and O–H groups in total. The topological polar surface area (TPSA) is 76.2 Å². The van der Waals surface area contributed by atoms with Crippen molar-refractivity contribution in [2.45, 2.75) is 52.0 Å². The minimum atomic E-state index is -0.698. The van der Waals surface area contributed by atoms with E-state index in [0.717, 1.165) is 36.1 Å². The minimum absolute atomic E-state index is 0.0714. The van der Waals surface area contributed by atoms with Crippen LogP contribution < -0.4 is 4.90 Å². The van der Waals surface area contributed by atoms with E-state index in [-0.39, 0.29) is 17.7 Å². The van der Waals surface area contributed by atoms with Crippen LogP contribution in [0.25, 0.3) is 10.4 Å². The van der Waals surface area contributed by atoms with Gasteiger partial charge in [-0.15, -0.1) is 11.3 Å². The average Bonchev–Trinajstić information content (AvgIpc) is 3.37. The van der Waals surface area contributed by atoms with E-state index in [0.29, 0.717) is 49.2 Å². The van der Waals surface area contributed by atoms with Gasteiger partial charge in [0, 0.05) is 23.9 Å². The molecule has 2 aliphatic rings. The first-order valence-corrected chi connectivity index (χ1v) is 13.7. The molecule has 1 aliphatic carbocycles. The van der Waals surface area contributed by atoms with E-state index in [9.17, 15) is 14.4 Å². The number of esters is 1. The standard InChI is InChI=1S/C28H36N2O5S/c1-4-22(27(32)29-14-16-35-17-15-29)30(26(31)21-12-10-19(2)11-13-21)23-18-24(20-8-6-5-7-9-20)36-25(23)28(33)34-3/h5-9,18-19,21-22H,4,10-17H2,1-3H3/t19?,21?,22-/m0/s1. The molecule has 2 heterocycles. The number of thiophene rings is 1. The van der Waals surface area contributed by atoms with Crippen LogP contribution in [-0.2, 0) is 19.1 Å². The maximum Gasteiger partial charge on any atom is 0.350 e. The minimum Gasteiger partial charge on any atom is -0.465 e. The fourth-order valence-electron chi connectivity index (χ4n) is 5.15. The van der Waals surface area contributed by atoms with Crippen LogP contribution in [0.2, 0.25) is 0 Å². The third-order valence-corrected chi connectivity index (χ3v) is 8.46. The lowest BCUT2D eigenvalue weighted by atomic mass is 9.82. The summed E-state index contributed by atoms with van der Waals surface area (Å²) in [6, 6.07) is 10.9. The average molecular weight is 513 g/mol. The predicted octanol–water partition coefficient (Wildman–Crippen LogP) is 5.00. The predicted molar refractivity (Wildman–Crippen MR) is 141 cm³/mol. The molecular weight excluding hydrogens is 476 g/mol. The van der Waals surface area contributed by atoms with Gasteiger partial charge >= 0.3 is 5.97 Å². The Hall–Kier alpha value is -2.71. The summed E-state index contributed by atoms with van der Waals surface area (Å²) in [7, 11) is 1.35. The summed E-state index contributed by atoms with van der Waals surface area (Å²) in [5.74, 6) is -0.241. The molecule has 0 radical (unpaired) electrons. The number of amides is 2. The Labute approximate surface area is 217 Å². The molecule has 2 fully saturated rings. The van der Waals surface area contributed by atoms with Crippen molar-refractivity contribution in [3.05, 3.63) is 41.3 Å². The van der Waals surface area contributed by atoms with Gasteiger partial charge in [-0.2, -0.15) is 0 Å². The number of carbonyl (C=O) groups is 3. The Morgan fingerprint density at radius 3 is 2.39 bits per heavy atom. The van der Waals surface area contributed by atoms with Gasteiger partial charge in [-0.05, 0) is 49.7 Å². The van der Waals surface area contributed by atoms with Crippen LogP contribution in [-0.4, -0.2) is 62.1 Å². The molecule has 1 aromatic carbocycles. The van der Waals surface area contributed by atoms with Crippen molar-refractivity contribution in [3.63, 3.8) is 0 Å². The Balaban J connectivity index is 1.79. The van der Waals surface area contributed by atoms with Crippen molar-refractivity contribution in [3.8, 4) is 10.4 Å². The molecule has 2 aromatic rings. The smallest absolute Gasteiger partial charge is 0.350 e. The molecule has 2 amide bonds. The molecular formula is C28H36N2O5S. The van der Waals surface area contributed by atoms with Crippen molar-refractivity contribution in [1.82, 2.24) is 4.90 Å². The van der Waals surface area contributed by atoms with Gasteiger partial charge in [0.1, 0.15) is 10.9 Å². The van der Waals surface area contributed by atoms with Crippen LogP contribution in [0.4, 0.5) is 5.69 Å². The second-order valence-corrected chi connectivity index (χ2v) is 10.8. The van der Waals surface area contributed by atoms with E-state index in [4.69, 9.17) is 9.47 Å². The van der Waals surface area contributed by atoms with E-state index >= 15 is 0 Å². The summed E-state index contributed by atoms with van der Waals surface area (Å²) in [6.45, 7) is 6.12. The van der Waals surface area contributed by atoms with Crippen LogP contribution in [0.5, 0.6) is 0 Å². The van der Waals surface area contributed by atoms with E-state index in [1.165, 1.54) is 18.4 Å². The zero-order valence-corrected chi connectivity index (χ0v) is 22.2. The van der Waals surface area contributed by atoms with E-state index in [1.807, 2.05) is 43.3 Å². The Morgan fingerprint density at radius 1 is 1.11 bits per heavy atom. The van der Waals surface area contributed by atoms with E-state index < -0.39 is 12.0 Å². The first kappa shape index (κ1) is 26.4. The highest BCUT2D eigenvalue weighted by atomic mass is 32.1. The Kier molecular flexibility index (Phi) is 8.80. The molecule has 1 saturated carbocycles. The first-order valence-electron chi connectivity index (χ1n) is 12.9. The fraction of sp³-hybridized carbons (Fsp3) is 0.536. The molecule has 1 saturated heterocycles. The molecule has 8 heteroatoms. The third kappa shape index (κ3) is 5.65. The number of hydrogen-bond donors (Lipinski definition) is 0. The highest BCUT2D eigenvalue weighted by Crippen LogP contribution is 2.40. The van der Waals surface area contributed by atoms with Gasteiger partial charge in [-0.25, -0.2) is 4.79 Å². The van der Waals surface area contributed by atoms with Crippen LogP contribution in [0, 0.1) is 11.8 Å².